The van der Waals surface area contributed by atoms with Crippen LogP contribution in [-0.4, -0.2) is 17.1 Å². The minimum atomic E-state index is 0.702. The molecule has 0 saturated carbocycles. The van der Waals surface area contributed by atoms with Gasteiger partial charge in [-0.1, -0.05) is 35.9 Å². The zero-order valence-electron chi connectivity index (χ0n) is 14.2. The molecule has 24 heavy (non-hydrogen) atoms. The van der Waals surface area contributed by atoms with E-state index < -0.39 is 0 Å². The SMILES string of the molecule is COc1ccc(CNc2cc(C)nc(-c3cccc(C)c3)n2)cc1. The summed E-state index contributed by atoms with van der Waals surface area (Å²) >= 11 is 0. The first-order valence-electron chi connectivity index (χ1n) is 7.93. The van der Waals surface area contributed by atoms with Crippen LogP contribution in [0.2, 0.25) is 0 Å². The van der Waals surface area contributed by atoms with E-state index in [1.54, 1.807) is 7.11 Å². The summed E-state index contributed by atoms with van der Waals surface area (Å²) in [6, 6.07) is 18.2. The Bertz CT molecular complexity index is 829. The van der Waals surface area contributed by atoms with Crippen LogP contribution in [0.1, 0.15) is 16.8 Å². The van der Waals surface area contributed by atoms with Crippen LogP contribution in [0.4, 0.5) is 5.82 Å². The molecule has 3 rings (SSSR count). The van der Waals surface area contributed by atoms with Crippen molar-refractivity contribution in [2.24, 2.45) is 0 Å². The van der Waals surface area contributed by atoms with Gasteiger partial charge in [-0.3, -0.25) is 0 Å². The zero-order valence-corrected chi connectivity index (χ0v) is 14.2. The van der Waals surface area contributed by atoms with Crippen molar-refractivity contribution < 1.29 is 4.74 Å². The van der Waals surface area contributed by atoms with E-state index in [1.165, 1.54) is 11.1 Å². The number of aromatic nitrogens is 2. The van der Waals surface area contributed by atoms with Gasteiger partial charge in [0.05, 0.1) is 7.11 Å². The van der Waals surface area contributed by atoms with E-state index in [9.17, 15) is 0 Å². The molecule has 4 nitrogen and oxygen atoms in total. The Morgan fingerprint density at radius 1 is 0.958 bits per heavy atom. The number of rotatable bonds is 5. The third-order valence-electron chi connectivity index (χ3n) is 3.76. The van der Waals surface area contributed by atoms with E-state index in [2.05, 4.69) is 34.3 Å². The first-order valence-corrected chi connectivity index (χ1v) is 7.93. The first-order chi connectivity index (χ1) is 11.6. The van der Waals surface area contributed by atoms with Crippen LogP contribution < -0.4 is 10.1 Å². The number of aryl methyl sites for hydroxylation is 2. The summed E-state index contributed by atoms with van der Waals surface area (Å²) in [7, 11) is 1.67. The van der Waals surface area contributed by atoms with Gasteiger partial charge in [-0.2, -0.15) is 0 Å². The molecule has 0 bridgehead atoms. The van der Waals surface area contributed by atoms with Crippen LogP contribution in [0.5, 0.6) is 5.75 Å². The number of hydrogen-bond acceptors (Lipinski definition) is 4. The summed E-state index contributed by atoms with van der Waals surface area (Å²) in [6.45, 7) is 4.76. The average molecular weight is 319 g/mol. The second kappa shape index (κ2) is 7.13. The van der Waals surface area contributed by atoms with E-state index in [0.717, 1.165) is 28.6 Å². The van der Waals surface area contributed by atoms with Gasteiger partial charge in [0.15, 0.2) is 5.82 Å². The molecule has 1 aromatic heterocycles. The second-order valence-electron chi connectivity index (χ2n) is 5.79. The molecule has 0 unspecified atom stereocenters. The molecule has 0 fully saturated rings. The lowest BCUT2D eigenvalue weighted by molar-refractivity contribution is 0.414. The number of ether oxygens (including phenoxy) is 1. The molecule has 0 radical (unpaired) electrons. The van der Waals surface area contributed by atoms with E-state index >= 15 is 0 Å². The normalized spacial score (nSPS) is 10.5. The minimum absolute atomic E-state index is 0.702. The monoisotopic (exact) mass is 319 g/mol. The van der Waals surface area contributed by atoms with Crippen molar-refractivity contribution in [1.82, 2.24) is 9.97 Å². The number of benzene rings is 2. The Hall–Kier alpha value is -2.88. The summed E-state index contributed by atoms with van der Waals surface area (Å²) in [5.41, 5.74) is 4.35. The molecule has 0 saturated heterocycles. The van der Waals surface area contributed by atoms with E-state index in [1.807, 2.05) is 49.4 Å². The maximum absolute atomic E-state index is 5.18. The smallest absolute Gasteiger partial charge is 0.161 e. The minimum Gasteiger partial charge on any atom is -0.497 e. The van der Waals surface area contributed by atoms with E-state index in [0.29, 0.717) is 6.54 Å². The Balaban J connectivity index is 1.78. The lowest BCUT2D eigenvalue weighted by atomic mass is 10.1. The summed E-state index contributed by atoms with van der Waals surface area (Å²) in [5, 5.41) is 3.37. The molecule has 0 aliphatic rings. The van der Waals surface area contributed by atoms with Crippen molar-refractivity contribution in [3.63, 3.8) is 0 Å². The summed E-state index contributed by atoms with van der Waals surface area (Å²) in [4.78, 5) is 9.20. The molecular weight excluding hydrogens is 298 g/mol. The Morgan fingerprint density at radius 3 is 2.46 bits per heavy atom. The van der Waals surface area contributed by atoms with Crippen LogP contribution >= 0.6 is 0 Å². The predicted octanol–water partition coefficient (Wildman–Crippen LogP) is 4.38. The van der Waals surface area contributed by atoms with Crippen LogP contribution in [0.25, 0.3) is 11.4 Å². The molecule has 4 heteroatoms. The summed E-state index contributed by atoms with van der Waals surface area (Å²) in [5.74, 6) is 2.43. The molecule has 1 heterocycles. The van der Waals surface area contributed by atoms with Crippen molar-refractivity contribution in [2.75, 3.05) is 12.4 Å². The number of anilines is 1. The standard InChI is InChI=1S/C20H21N3O/c1-14-5-4-6-17(11-14)20-22-15(2)12-19(23-20)21-13-16-7-9-18(24-3)10-8-16/h4-12H,13H2,1-3H3,(H,21,22,23). The number of nitrogens with one attached hydrogen (secondary N) is 1. The highest BCUT2D eigenvalue weighted by Crippen LogP contribution is 2.19. The van der Waals surface area contributed by atoms with E-state index in [4.69, 9.17) is 4.74 Å². The summed E-state index contributed by atoms with van der Waals surface area (Å²) < 4.78 is 5.18. The van der Waals surface area contributed by atoms with Gasteiger partial charge in [0.2, 0.25) is 0 Å². The van der Waals surface area contributed by atoms with E-state index in [-0.39, 0.29) is 0 Å². The Morgan fingerprint density at radius 2 is 1.75 bits per heavy atom. The van der Waals surface area contributed by atoms with Gasteiger partial charge < -0.3 is 10.1 Å². The van der Waals surface area contributed by atoms with Gasteiger partial charge in [-0.25, -0.2) is 9.97 Å². The van der Waals surface area contributed by atoms with Crippen LogP contribution in [0.3, 0.4) is 0 Å². The molecule has 0 spiro atoms. The highest BCUT2D eigenvalue weighted by Gasteiger charge is 2.05. The number of hydrogen-bond donors (Lipinski definition) is 1. The molecule has 0 amide bonds. The molecule has 0 aliphatic heterocycles. The highest BCUT2D eigenvalue weighted by atomic mass is 16.5. The van der Waals surface area contributed by atoms with Gasteiger partial charge in [-0.05, 0) is 37.6 Å². The van der Waals surface area contributed by atoms with Crippen molar-refractivity contribution in [3.8, 4) is 17.1 Å². The van der Waals surface area contributed by atoms with Crippen molar-refractivity contribution in [1.29, 1.82) is 0 Å². The van der Waals surface area contributed by atoms with Crippen molar-refractivity contribution in [2.45, 2.75) is 20.4 Å². The highest BCUT2D eigenvalue weighted by molar-refractivity contribution is 5.58. The maximum Gasteiger partial charge on any atom is 0.161 e. The van der Waals surface area contributed by atoms with Gasteiger partial charge in [0.25, 0.3) is 0 Å². The topological polar surface area (TPSA) is 47.0 Å². The third-order valence-corrected chi connectivity index (χ3v) is 3.76. The Labute approximate surface area is 142 Å². The summed E-state index contributed by atoms with van der Waals surface area (Å²) in [6.07, 6.45) is 0. The molecule has 0 aliphatic carbocycles. The van der Waals surface area contributed by atoms with Crippen LogP contribution in [0, 0.1) is 13.8 Å². The predicted molar refractivity (Wildman–Crippen MR) is 97.3 cm³/mol. The van der Waals surface area contributed by atoms with Gasteiger partial charge in [0.1, 0.15) is 11.6 Å². The van der Waals surface area contributed by atoms with Crippen LogP contribution in [-0.2, 0) is 6.54 Å². The molecule has 1 N–H and O–H groups in total. The number of methoxy groups -OCH3 is 1. The zero-order chi connectivity index (χ0) is 16.9. The quantitative estimate of drug-likeness (QED) is 0.758. The maximum atomic E-state index is 5.18. The first kappa shape index (κ1) is 16.0. The van der Waals surface area contributed by atoms with Gasteiger partial charge in [0, 0.05) is 23.9 Å². The Kier molecular flexibility index (Phi) is 4.75. The third kappa shape index (κ3) is 3.90. The fourth-order valence-electron chi connectivity index (χ4n) is 2.51. The molecular formula is C20H21N3O. The molecule has 122 valence electrons. The molecule has 2 aromatic carbocycles. The van der Waals surface area contributed by atoms with Crippen molar-refractivity contribution in [3.05, 3.63) is 71.4 Å². The lowest BCUT2D eigenvalue weighted by Gasteiger charge is -2.10. The van der Waals surface area contributed by atoms with Gasteiger partial charge in [-0.15, -0.1) is 0 Å². The lowest BCUT2D eigenvalue weighted by Crippen LogP contribution is -2.04. The molecule has 3 aromatic rings. The fraction of sp³-hybridized carbons (Fsp3) is 0.200. The van der Waals surface area contributed by atoms with Crippen LogP contribution in [0.15, 0.2) is 54.6 Å². The van der Waals surface area contributed by atoms with Crippen molar-refractivity contribution >= 4 is 5.82 Å². The number of nitrogens with zero attached hydrogens (tertiary/aromatic N) is 2. The fourth-order valence-corrected chi connectivity index (χ4v) is 2.51. The van der Waals surface area contributed by atoms with Gasteiger partial charge >= 0.3 is 0 Å². The molecule has 0 atom stereocenters. The largest absolute Gasteiger partial charge is 0.497 e. The second-order valence-corrected chi connectivity index (χ2v) is 5.79. The average Bonchev–Trinajstić information content (AvgIpc) is 2.60.